The van der Waals surface area contributed by atoms with Crippen LogP contribution in [0.5, 0.6) is 0 Å². The van der Waals surface area contributed by atoms with Gasteiger partial charge in [-0.2, -0.15) is 5.10 Å². The molecule has 3 heterocycles. The molecule has 0 amide bonds. The number of rotatable bonds is 3. The van der Waals surface area contributed by atoms with E-state index in [1.807, 2.05) is 25.4 Å². The quantitative estimate of drug-likeness (QED) is 0.565. The second-order valence-corrected chi connectivity index (χ2v) is 7.91. The Morgan fingerprint density at radius 1 is 1.04 bits per heavy atom. The minimum Gasteiger partial charge on any atom is -0.462 e. The first-order chi connectivity index (χ1) is 11.9. The van der Waals surface area contributed by atoms with Crippen LogP contribution < -0.4 is 0 Å². The zero-order valence-corrected chi connectivity index (χ0v) is 14.5. The van der Waals surface area contributed by atoms with Crippen molar-refractivity contribution in [1.82, 2.24) is 14.8 Å². The van der Waals surface area contributed by atoms with E-state index in [-0.39, 0.29) is 4.90 Å². The van der Waals surface area contributed by atoms with Gasteiger partial charge in [0.2, 0.25) is 0 Å². The van der Waals surface area contributed by atoms with Crippen molar-refractivity contribution in [3.8, 4) is 22.4 Å². The second-order valence-electron chi connectivity index (χ2n) is 5.89. The van der Waals surface area contributed by atoms with E-state index < -0.39 is 9.84 Å². The highest BCUT2D eigenvalue weighted by atomic mass is 32.2. The summed E-state index contributed by atoms with van der Waals surface area (Å²) in [5, 5.41) is 4.17. The van der Waals surface area contributed by atoms with Gasteiger partial charge in [-0.25, -0.2) is 13.4 Å². The molecule has 126 valence electrons. The summed E-state index contributed by atoms with van der Waals surface area (Å²) in [6.45, 7) is 0. The zero-order chi connectivity index (χ0) is 17.6. The molecule has 0 N–H and O–H groups in total. The first kappa shape index (κ1) is 15.6. The largest absolute Gasteiger partial charge is 0.462 e. The average Bonchev–Trinajstić information content (AvgIpc) is 3.19. The standard InChI is InChI=1S/C18H15N3O3S/c1-21-10-13(9-19-21)16-7-8-17-18(20-16)15(11-24-17)12-3-5-14(6-4-12)25(2,22)23/h3-11H,1-2H3. The van der Waals surface area contributed by atoms with Gasteiger partial charge in [0.05, 0.1) is 16.8 Å². The molecule has 0 saturated heterocycles. The van der Waals surface area contributed by atoms with Crippen LogP contribution in [0.25, 0.3) is 33.5 Å². The molecule has 6 nitrogen and oxygen atoms in total. The van der Waals surface area contributed by atoms with E-state index in [0.29, 0.717) is 5.58 Å². The molecule has 0 aliphatic heterocycles. The lowest BCUT2D eigenvalue weighted by Crippen LogP contribution is -1.96. The average molecular weight is 353 g/mol. The monoisotopic (exact) mass is 353 g/mol. The summed E-state index contributed by atoms with van der Waals surface area (Å²) < 4.78 is 30.5. The first-order valence-corrected chi connectivity index (χ1v) is 9.49. The molecule has 0 aliphatic carbocycles. The number of fused-ring (bicyclic) bond motifs is 1. The summed E-state index contributed by atoms with van der Waals surface area (Å²) in [5.41, 5.74) is 4.80. The number of hydrogen-bond acceptors (Lipinski definition) is 5. The van der Waals surface area contributed by atoms with Gasteiger partial charge in [-0.15, -0.1) is 0 Å². The van der Waals surface area contributed by atoms with Crippen molar-refractivity contribution in [2.24, 2.45) is 7.05 Å². The summed E-state index contributed by atoms with van der Waals surface area (Å²) in [6, 6.07) is 10.5. The Hall–Kier alpha value is -2.93. The van der Waals surface area contributed by atoms with Crippen molar-refractivity contribution in [2.45, 2.75) is 4.90 Å². The van der Waals surface area contributed by atoms with Gasteiger partial charge in [-0.05, 0) is 29.8 Å². The van der Waals surface area contributed by atoms with Crippen LogP contribution in [-0.4, -0.2) is 29.4 Å². The maximum Gasteiger partial charge on any atom is 0.175 e. The van der Waals surface area contributed by atoms with Crippen LogP contribution in [-0.2, 0) is 16.9 Å². The summed E-state index contributed by atoms with van der Waals surface area (Å²) >= 11 is 0. The smallest absolute Gasteiger partial charge is 0.175 e. The number of aromatic nitrogens is 3. The summed E-state index contributed by atoms with van der Waals surface area (Å²) in [5.74, 6) is 0. The third-order valence-electron chi connectivity index (χ3n) is 4.01. The van der Waals surface area contributed by atoms with Gasteiger partial charge < -0.3 is 4.42 Å². The molecule has 3 aromatic heterocycles. The molecule has 1 aromatic carbocycles. The van der Waals surface area contributed by atoms with E-state index in [4.69, 9.17) is 9.40 Å². The Kier molecular flexibility index (Phi) is 3.47. The Bertz CT molecular complexity index is 1170. The molecule has 0 radical (unpaired) electrons. The van der Waals surface area contributed by atoms with Crippen LogP contribution in [0.3, 0.4) is 0 Å². The normalized spacial score (nSPS) is 11.9. The molecule has 0 atom stereocenters. The maximum absolute atomic E-state index is 11.6. The highest BCUT2D eigenvalue weighted by molar-refractivity contribution is 7.90. The van der Waals surface area contributed by atoms with Gasteiger partial charge in [0, 0.05) is 30.6 Å². The van der Waals surface area contributed by atoms with E-state index in [0.717, 1.165) is 27.9 Å². The molecular weight excluding hydrogens is 338 g/mol. The van der Waals surface area contributed by atoms with E-state index in [2.05, 4.69) is 5.10 Å². The zero-order valence-electron chi connectivity index (χ0n) is 13.7. The highest BCUT2D eigenvalue weighted by Crippen LogP contribution is 2.31. The third kappa shape index (κ3) is 2.83. The number of aryl methyl sites for hydroxylation is 1. The van der Waals surface area contributed by atoms with Gasteiger partial charge in [-0.1, -0.05) is 12.1 Å². The number of sulfone groups is 1. The molecule has 0 aliphatic rings. The number of furan rings is 1. The lowest BCUT2D eigenvalue weighted by Gasteiger charge is -2.02. The number of pyridine rings is 1. The predicted octanol–water partition coefficient (Wildman–Crippen LogP) is 3.30. The fraction of sp³-hybridized carbons (Fsp3) is 0.111. The fourth-order valence-electron chi connectivity index (χ4n) is 2.71. The summed E-state index contributed by atoms with van der Waals surface area (Å²) in [6.07, 6.45) is 6.49. The molecule has 0 spiro atoms. The topological polar surface area (TPSA) is 78.0 Å². The fourth-order valence-corrected chi connectivity index (χ4v) is 3.34. The SMILES string of the molecule is Cn1cc(-c2ccc3occ(-c4ccc(S(C)(=O)=O)cc4)c3n2)cn1. The molecule has 0 fully saturated rings. The highest BCUT2D eigenvalue weighted by Gasteiger charge is 2.13. The minimum absolute atomic E-state index is 0.285. The van der Waals surface area contributed by atoms with Gasteiger partial charge in [0.15, 0.2) is 15.4 Å². The molecular formula is C18H15N3O3S. The van der Waals surface area contributed by atoms with Crippen molar-refractivity contribution in [2.75, 3.05) is 6.26 Å². The van der Waals surface area contributed by atoms with Crippen LogP contribution in [0.15, 0.2) is 64.4 Å². The summed E-state index contributed by atoms with van der Waals surface area (Å²) in [7, 11) is -1.36. The van der Waals surface area contributed by atoms with Crippen molar-refractivity contribution < 1.29 is 12.8 Å². The molecule has 25 heavy (non-hydrogen) atoms. The molecule has 4 aromatic rings. The Morgan fingerprint density at radius 2 is 1.80 bits per heavy atom. The summed E-state index contributed by atoms with van der Waals surface area (Å²) in [4.78, 5) is 4.99. The molecule has 0 unspecified atom stereocenters. The second kappa shape index (κ2) is 5.56. The Balaban J connectivity index is 1.82. The van der Waals surface area contributed by atoms with Crippen LogP contribution in [0.2, 0.25) is 0 Å². The van der Waals surface area contributed by atoms with E-state index >= 15 is 0 Å². The van der Waals surface area contributed by atoms with Crippen LogP contribution in [0.1, 0.15) is 0 Å². The van der Waals surface area contributed by atoms with Crippen molar-refractivity contribution in [3.63, 3.8) is 0 Å². The number of benzene rings is 1. The van der Waals surface area contributed by atoms with E-state index in [9.17, 15) is 8.42 Å². The first-order valence-electron chi connectivity index (χ1n) is 7.59. The number of hydrogen-bond donors (Lipinski definition) is 0. The van der Waals surface area contributed by atoms with Gasteiger partial charge in [0.1, 0.15) is 11.8 Å². The molecule has 0 bridgehead atoms. The predicted molar refractivity (Wildman–Crippen MR) is 94.8 cm³/mol. The Labute approximate surface area is 144 Å². The van der Waals surface area contributed by atoms with Gasteiger partial charge in [0.25, 0.3) is 0 Å². The van der Waals surface area contributed by atoms with Crippen molar-refractivity contribution in [1.29, 1.82) is 0 Å². The van der Waals surface area contributed by atoms with Crippen LogP contribution in [0, 0.1) is 0 Å². The molecule has 4 rings (SSSR count). The van der Waals surface area contributed by atoms with Crippen LogP contribution in [0.4, 0.5) is 0 Å². The van der Waals surface area contributed by atoms with Gasteiger partial charge >= 0.3 is 0 Å². The molecule has 0 saturated carbocycles. The Morgan fingerprint density at radius 3 is 2.44 bits per heavy atom. The van der Waals surface area contributed by atoms with Crippen molar-refractivity contribution >= 4 is 20.9 Å². The number of nitrogens with zero attached hydrogens (tertiary/aromatic N) is 3. The van der Waals surface area contributed by atoms with Gasteiger partial charge in [-0.3, -0.25) is 4.68 Å². The minimum atomic E-state index is -3.22. The van der Waals surface area contributed by atoms with Crippen molar-refractivity contribution in [3.05, 3.63) is 55.1 Å². The maximum atomic E-state index is 11.6. The lowest BCUT2D eigenvalue weighted by atomic mass is 10.1. The third-order valence-corrected chi connectivity index (χ3v) is 5.14. The molecule has 7 heteroatoms. The van der Waals surface area contributed by atoms with E-state index in [1.54, 1.807) is 41.4 Å². The van der Waals surface area contributed by atoms with E-state index in [1.165, 1.54) is 6.26 Å². The lowest BCUT2D eigenvalue weighted by molar-refractivity contribution is 0.602. The van der Waals surface area contributed by atoms with Crippen LogP contribution >= 0.6 is 0 Å².